The van der Waals surface area contributed by atoms with Crippen LogP contribution in [0.2, 0.25) is 0 Å². The van der Waals surface area contributed by atoms with Crippen LogP contribution >= 0.6 is 0 Å². The molecule has 1 heterocycles. The molecule has 0 saturated heterocycles. The Morgan fingerprint density at radius 1 is 0.972 bits per heavy atom. The van der Waals surface area contributed by atoms with Gasteiger partial charge in [-0.2, -0.15) is 0 Å². The van der Waals surface area contributed by atoms with Crippen LogP contribution in [0.25, 0.3) is 27.7 Å². The highest BCUT2D eigenvalue weighted by Crippen LogP contribution is 2.43. The van der Waals surface area contributed by atoms with E-state index >= 15 is 0 Å². The summed E-state index contributed by atoms with van der Waals surface area (Å²) < 4.78 is 49.7. The van der Waals surface area contributed by atoms with E-state index in [0.29, 0.717) is 40.0 Å². The summed E-state index contributed by atoms with van der Waals surface area (Å²) >= 11 is 0. The summed E-state index contributed by atoms with van der Waals surface area (Å²) in [4.78, 5) is 12.6. The van der Waals surface area contributed by atoms with Gasteiger partial charge in [0.1, 0.15) is 34.5 Å². The van der Waals surface area contributed by atoms with Gasteiger partial charge in [0, 0.05) is 39.8 Å². The van der Waals surface area contributed by atoms with Crippen LogP contribution in [0.15, 0.2) is 59.2 Å². The zero-order valence-electron chi connectivity index (χ0n) is 20.5. The van der Waals surface area contributed by atoms with Crippen molar-refractivity contribution in [1.29, 1.82) is 0 Å². The van der Waals surface area contributed by atoms with Crippen LogP contribution in [-0.2, 0) is 4.79 Å². The fourth-order valence-electron chi connectivity index (χ4n) is 4.14. The Balaban J connectivity index is 1.81. The highest BCUT2D eigenvalue weighted by molar-refractivity contribution is 6.06. The zero-order chi connectivity index (χ0) is 26.0. The predicted molar refractivity (Wildman–Crippen MR) is 135 cm³/mol. The first-order chi connectivity index (χ1) is 17.3. The molecule has 36 heavy (non-hydrogen) atoms. The van der Waals surface area contributed by atoms with Crippen molar-refractivity contribution < 1.29 is 32.2 Å². The number of nitrogens with one attached hydrogen (secondary N) is 1. The third-order valence-electron chi connectivity index (χ3n) is 5.91. The predicted octanol–water partition coefficient (Wildman–Crippen LogP) is 6.75. The number of amides is 1. The van der Waals surface area contributed by atoms with Crippen molar-refractivity contribution in [2.75, 3.05) is 26.6 Å². The number of furan rings is 1. The third-order valence-corrected chi connectivity index (χ3v) is 5.91. The second kappa shape index (κ2) is 10.1. The lowest BCUT2D eigenvalue weighted by Crippen LogP contribution is -2.10. The van der Waals surface area contributed by atoms with Crippen molar-refractivity contribution in [1.82, 2.24) is 0 Å². The lowest BCUT2D eigenvalue weighted by Gasteiger charge is -2.14. The van der Waals surface area contributed by atoms with E-state index in [4.69, 9.17) is 18.6 Å². The van der Waals surface area contributed by atoms with E-state index in [-0.39, 0.29) is 5.69 Å². The van der Waals surface area contributed by atoms with Crippen molar-refractivity contribution in [3.05, 3.63) is 77.6 Å². The number of rotatable bonds is 7. The van der Waals surface area contributed by atoms with Gasteiger partial charge in [0.05, 0.1) is 33.3 Å². The van der Waals surface area contributed by atoms with Gasteiger partial charge in [0.15, 0.2) is 0 Å². The van der Waals surface area contributed by atoms with Gasteiger partial charge in [0.25, 0.3) is 0 Å². The second-order valence-corrected chi connectivity index (χ2v) is 8.12. The normalized spacial score (nSPS) is 11.5. The maximum absolute atomic E-state index is 14.0. The van der Waals surface area contributed by atoms with Crippen LogP contribution < -0.4 is 19.5 Å². The van der Waals surface area contributed by atoms with E-state index in [1.165, 1.54) is 19.3 Å². The van der Waals surface area contributed by atoms with Crippen molar-refractivity contribution in [3.63, 3.8) is 0 Å². The second-order valence-electron chi connectivity index (χ2n) is 8.12. The minimum absolute atomic E-state index is 0.119. The van der Waals surface area contributed by atoms with Gasteiger partial charge < -0.3 is 23.9 Å². The van der Waals surface area contributed by atoms with E-state index in [2.05, 4.69) is 5.32 Å². The molecule has 1 aromatic heterocycles. The fraction of sp³-hybridized carbons (Fsp3) is 0.179. The molecule has 1 amide bonds. The molecule has 0 aliphatic heterocycles. The van der Waals surface area contributed by atoms with Gasteiger partial charge in [-0.3, -0.25) is 4.79 Å². The topological polar surface area (TPSA) is 69.9 Å². The van der Waals surface area contributed by atoms with Crippen LogP contribution in [0.4, 0.5) is 14.5 Å². The van der Waals surface area contributed by atoms with Crippen molar-refractivity contribution in [2.45, 2.75) is 13.8 Å². The average Bonchev–Trinajstić information content (AvgIpc) is 3.29. The van der Waals surface area contributed by atoms with Crippen molar-refractivity contribution in [2.24, 2.45) is 0 Å². The molecule has 1 N–H and O–H groups in total. The lowest BCUT2D eigenvalue weighted by atomic mass is 9.96. The number of ether oxygens (including phenoxy) is 3. The number of halogens is 2. The number of hydrogen-bond acceptors (Lipinski definition) is 5. The smallest absolute Gasteiger partial charge is 0.248 e. The summed E-state index contributed by atoms with van der Waals surface area (Å²) in [5.74, 6) is -0.322. The highest BCUT2D eigenvalue weighted by atomic mass is 19.1. The molecule has 0 spiro atoms. The Morgan fingerprint density at radius 2 is 1.75 bits per heavy atom. The Hall–Kier alpha value is -4.33. The van der Waals surface area contributed by atoms with E-state index in [0.717, 1.165) is 28.1 Å². The van der Waals surface area contributed by atoms with Gasteiger partial charge in [0.2, 0.25) is 5.91 Å². The zero-order valence-corrected chi connectivity index (χ0v) is 20.5. The number of benzene rings is 3. The third kappa shape index (κ3) is 4.62. The molecule has 0 aliphatic rings. The molecule has 0 bridgehead atoms. The number of methoxy groups -OCH3 is 3. The van der Waals surface area contributed by atoms with Gasteiger partial charge in [-0.25, -0.2) is 8.78 Å². The van der Waals surface area contributed by atoms with Crippen LogP contribution in [0.3, 0.4) is 0 Å². The fourth-order valence-corrected chi connectivity index (χ4v) is 4.14. The summed E-state index contributed by atoms with van der Waals surface area (Å²) in [5, 5.41) is 3.23. The number of fused-ring (bicyclic) bond motifs is 1. The van der Waals surface area contributed by atoms with Gasteiger partial charge >= 0.3 is 0 Å². The largest absolute Gasteiger partial charge is 0.497 e. The number of aryl methyl sites for hydroxylation is 1. The quantitative estimate of drug-likeness (QED) is 0.288. The van der Waals surface area contributed by atoms with E-state index in [9.17, 15) is 13.6 Å². The summed E-state index contributed by atoms with van der Waals surface area (Å²) in [6.07, 6.45) is 2.97. The maximum Gasteiger partial charge on any atom is 0.248 e. The molecular formula is C28H25F2NO5. The number of allylic oxidation sites excluding steroid dienone is 1. The van der Waals surface area contributed by atoms with E-state index < -0.39 is 17.5 Å². The molecule has 6 nitrogen and oxygen atoms in total. The summed E-state index contributed by atoms with van der Waals surface area (Å²) in [7, 11) is 4.71. The molecule has 0 saturated carbocycles. The maximum atomic E-state index is 14.0. The van der Waals surface area contributed by atoms with Crippen molar-refractivity contribution >= 4 is 28.1 Å². The monoisotopic (exact) mass is 493 g/mol. The Kier molecular flexibility index (Phi) is 6.96. The molecule has 8 heteroatoms. The minimum atomic E-state index is -0.862. The standard InChI is InChI=1S/C28H25F2NO5/c1-15(10-26(32)31-24-8-6-17(29)11-23(24)30)19-13-21-22(14-36-28(21)16(2)27(19)35-5)20-12-18(33-3)7-9-25(20)34-4/h6-14H,1-5H3,(H,31,32)/b15-10+. The van der Waals surface area contributed by atoms with Gasteiger partial charge in [-0.1, -0.05) is 0 Å². The molecule has 0 radical (unpaired) electrons. The van der Waals surface area contributed by atoms with Crippen LogP contribution in [-0.4, -0.2) is 27.2 Å². The molecule has 3 aromatic carbocycles. The molecule has 0 atom stereocenters. The molecular weight excluding hydrogens is 468 g/mol. The molecule has 4 rings (SSSR count). The Bertz CT molecular complexity index is 1490. The number of carbonyl (C=O) groups is 1. The Labute approximate surface area is 207 Å². The minimum Gasteiger partial charge on any atom is -0.497 e. The molecule has 0 fully saturated rings. The van der Waals surface area contributed by atoms with Crippen molar-refractivity contribution in [3.8, 4) is 28.4 Å². The number of anilines is 1. The summed E-state index contributed by atoms with van der Waals surface area (Å²) in [5.41, 5.74) is 4.03. The first kappa shape index (κ1) is 24.8. The highest BCUT2D eigenvalue weighted by Gasteiger charge is 2.21. The number of hydrogen-bond donors (Lipinski definition) is 1. The average molecular weight is 494 g/mol. The van der Waals surface area contributed by atoms with Gasteiger partial charge in [-0.05, 0) is 55.8 Å². The summed E-state index contributed by atoms with van der Waals surface area (Å²) in [6.45, 7) is 3.61. The lowest BCUT2D eigenvalue weighted by molar-refractivity contribution is -0.111. The first-order valence-electron chi connectivity index (χ1n) is 11.0. The first-order valence-corrected chi connectivity index (χ1v) is 11.0. The SMILES string of the molecule is COc1ccc(OC)c(-c2coc3c(C)c(OC)c(/C(C)=C/C(=O)Nc4ccc(F)cc4F)cc23)c1. The molecule has 0 aliphatic carbocycles. The number of carbonyl (C=O) groups excluding carboxylic acids is 1. The van der Waals surface area contributed by atoms with Crippen LogP contribution in [0.1, 0.15) is 18.1 Å². The van der Waals surface area contributed by atoms with E-state index in [1.54, 1.807) is 33.5 Å². The molecule has 0 unspecified atom stereocenters. The Morgan fingerprint density at radius 3 is 2.42 bits per heavy atom. The summed E-state index contributed by atoms with van der Waals surface area (Å²) in [6, 6.07) is 10.3. The van der Waals surface area contributed by atoms with E-state index in [1.807, 2.05) is 25.1 Å². The van der Waals surface area contributed by atoms with Crippen LogP contribution in [0.5, 0.6) is 17.2 Å². The van der Waals surface area contributed by atoms with Crippen LogP contribution in [0, 0.1) is 18.6 Å². The molecule has 4 aromatic rings. The molecule has 186 valence electrons. The van der Waals surface area contributed by atoms with Gasteiger partial charge in [-0.15, -0.1) is 0 Å².